The zero-order chi connectivity index (χ0) is 6.28. The molecule has 0 bridgehead atoms. The second-order valence-corrected chi connectivity index (χ2v) is 3.58. The first-order valence-corrected chi connectivity index (χ1v) is 6.76. The van der Waals surface area contributed by atoms with Crippen LogP contribution in [0.1, 0.15) is 0 Å². The number of hydrogen-bond acceptors (Lipinski definition) is 1. The van der Waals surface area contributed by atoms with Gasteiger partial charge in [0.05, 0.1) is 0 Å². The van der Waals surface area contributed by atoms with Gasteiger partial charge in [0.2, 0.25) is 0 Å². The van der Waals surface area contributed by atoms with Gasteiger partial charge in [-0.15, -0.1) is 0 Å². The molecule has 0 aromatic rings. The summed E-state index contributed by atoms with van der Waals surface area (Å²) in [6.45, 7) is 0. The quantitative estimate of drug-likeness (QED) is 0.415. The molecule has 0 amide bonds. The maximum atomic E-state index is 8.74. The van der Waals surface area contributed by atoms with Crippen LogP contribution in [0.25, 0.3) is 0 Å². The van der Waals surface area contributed by atoms with Crippen LogP contribution in [0.15, 0.2) is 0 Å². The fourth-order valence-corrected chi connectivity index (χ4v) is 0. The Labute approximate surface area is 58.9 Å². The van der Waals surface area contributed by atoms with E-state index in [0.717, 1.165) is 0 Å². The molecule has 0 saturated heterocycles. The van der Waals surface area contributed by atoms with E-state index in [9.17, 15) is 0 Å². The van der Waals surface area contributed by atoms with Gasteiger partial charge in [-0.05, 0) is 0 Å². The lowest BCUT2D eigenvalue weighted by Crippen LogP contribution is -1.38. The van der Waals surface area contributed by atoms with Crippen molar-refractivity contribution in [2.75, 3.05) is 0 Å². The molecule has 0 aliphatic rings. The van der Waals surface area contributed by atoms with Crippen molar-refractivity contribution in [2.45, 2.75) is 0 Å². The Hall–Kier alpha value is 1.50. The van der Waals surface area contributed by atoms with Gasteiger partial charge in [-0.25, -0.2) is 0 Å². The van der Waals surface area contributed by atoms with E-state index in [-0.39, 0.29) is 0 Å². The molecule has 0 atom stereocenters. The Morgan fingerprint density at radius 1 is 1.43 bits per heavy atom. The van der Waals surface area contributed by atoms with Gasteiger partial charge in [0.1, 0.15) is 0 Å². The molecule has 7 heteroatoms. The predicted octanol–water partition coefficient (Wildman–Crippen LogP) is 0.359. The Bertz CT molecular complexity index is 44.2. The summed E-state index contributed by atoms with van der Waals surface area (Å²) in [6, 6.07) is 0. The van der Waals surface area contributed by atoms with E-state index < -0.39 is 26.4 Å². The summed E-state index contributed by atoms with van der Waals surface area (Å²) < 4.78 is 8.74. The zero-order valence-electron chi connectivity index (χ0n) is 3.27. The van der Waals surface area contributed by atoms with Gasteiger partial charge in [0, 0.05) is 0 Å². The zero-order valence-corrected chi connectivity index (χ0v) is 7.19. The highest BCUT2D eigenvalue weighted by molar-refractivity contribution is 7.30. The van der Waals surface area contributed by atoms with Gasteiger partial charge < -0.3 is 27.9 Å². The third-order valence-electron chi connectivity index (χ3n) is 0. The fraction of sp³-hybridized carbons (Fsp3) is 0. The molecule has 7 heavy (non-hydrogen) atoms. The summed E-state index contributed by atoms with van der Waals surface area (Å²) in [6.07, 6.45) is 0. The molecule has 0 aliphatic carbocycles. The van der Waals surface area contributed by atoms with Crippen molar-refractivity contribution in [1.82, 2.24) is 0 Å². The lowest BCUT2D eigenvalue weighted by molar-refractivity contribution is 0.405. The highest BCUT2D eigenvalue weighted by Gasteiger charge is 1.64. The lowest BCUT2D eigenvalue weighted by atomic mass is 15.8. The molecule has 0 saturated carbocycles. The third kappa shape index (κ3) is 101. The van der Waals surface area contributed by atoms with Gasteiger partial charge in [0.15, 0.2) is 0 Å². The Balaban J connectivity index is 0. The second-order valence-electron chi connectivity index (χ2n) is 0.384. The molecule has 0 fully saturated rings. The van der Waals surface area contributed by atoms with Gasteiger partial charge in [0.25, 0.3) is 0 Å². The van der Waals surface area contributed by atoms with E-state index in [1.807, 2.05) is 0 Å². The van der Waals surface area contributed by atoms with E-state index in [4.69, 9.17) is 32.5 Å². The molecule has 0 unspecified atom stereocenters. The summed E-state index contributed by atoms with van der Waals surface area (Å²) in [7, 11) is 6.68. The minimum Gasteiger partial charge on any atom is -0.326 e. The smallest absolute Gasteiger partial charge is 0.326 e. The normalized spacial score (nSPS) is 6.43. The standard InChI is InChI=1S/2ClH.Mg.H3O3P/c;;;1-4(2)3/h2*1H;;4H,(H2,1,2,3)/q;;+2;/p-2. The van der Waals surface area contributed by atoms with Crippen LogP contribution in [0.3, 0.4) is 0 Å². The van der Waals surface area contributed by atoms with Crippen LogP contribution in [0.4, 0.5) is 0 Å². The Kier molecular flexibility index (Phi) is 16.9. The van der Waals surface area contributed by atoms with E-state index in [1.54, 1.807) is 0 Å². The van der Waals surface area contributed by atoms with Crippen LogP contribution < -0.4 is 0 Å². The average molecular weight is 177 g/mol. The first kappa shape index (κ1) is 11.3. The molecule has 0 radical (unpaired) electrons. The molecule has 3 nitrogen and oxygen atoms in total. The van der Waals surface area contributed by atoms with Crippen LogP contribution in [0.2, 0.25) is 0 Å². The van der Waals surface area contributed by atoms with Crippen molar-refractivity contribution in [3.05, 3.63) is 0 Å². The molecular formula is H3Cl2MgO3P. The van der Waals surface area contributed by atoms with E-state index in [2.05, 4.69) is 0 Å². The molecule has 0 aromatic carbocycles. The molecular weight excluding hydrogens is 174 g/mol. The van der Waals surface area contributed by atoms with Crippen molar-refractivity contribution in [1.29, 1.82) is 0 Å². The summed E-state index contributed by atoms with van der Waals surface area (Å²) in [5.41, 5.74) is 0. The maximum absolute atomic E-state index is 8.74. The lowest BCUT2D eigenvalue weighted by Gasteiger charge is -1.61. The van der Waals surface area contributed by atoms with Crippen LogP contribution in [-0.4, -0.2) is 27.9 Å². The summed E-state index contributed by atoms with van der Waals surface area (Å²) in [5, 5.41) is 0. The van der Waals surface area contributed by atoms with E-state index in [0.29, 0.717) is 0 Å². The van der Waals surface area contributed by atoms with Crippen LogP contribution in [0.5, 0.6) is 0 Å². The minimum absolute atomic E-state index is 0.639. The predicted molar refractivity (Wildman–Crippen MR) is 30.9 cm³/mol. The van der Waals surface area contributed by atoms with Crippen LogP contribution >= 0.6 is 26.4 Å². The molecule has 2 N–H and O–H groups in total. The Morgan fingerprint density at radius 3 is 1.43 bits per heavy atom. The molecule has 0 heterocycles. The van der Waals surface area contributed by atoms with Crippen LogP contribution in [-0.2, 0) is 4.57 Å². The van der Waals surface area contributed by atoms with Crippen molar-refractivity contribution in [3.63, 3.8) is 0 Å². The SMILES string of the molecule is O=[PH](O)O.[Cl][Mg][Cl]. The topological polar surface area (TPSA) is 57.5 Å². The summed E-state index contributed by atoms with van der Waals surface area (Å²) in [4.78, 5) is 14.3. The largest absolute Gasteiger partial charge is 0.618 e. The van der Waals surface area contributed by atoms with Gasteiger partial charge in [-0.2, -0.15) is 0 Å². The molecule has 42 valence electrons. The second kappa shape index (κ2) is 10.5. The first-order valence-electron chi connectivity index (χ1n) is 1.19. The fourth-order valence-electron chi connectivity index (χ4n) is 0. The van der Waals surface area contributed by atoms with E-state index >= 15 is 0 Å². The molecule has 0 rings (SSSR count). The monoisotopic (exact) mass is 176 g/mol. The van der Waals surface area contributed by atoms with Gasteiger partial charge in [-0.1, -0.05) is 0 Å². The Morgan fingerprint density at radius 2 is 1.43 bits per heavy atom. The van der Waals surface area contributed by atoms with Crippen molar-refractivity contribution in [3.8, 4) is 0 Å². The highest BCUT2D eigenvalue weighted by atomic mass is 35.6. The average Bonchev–Trinajstić information content (AvgIpc) is 1.33. The van der Waals surface area contributed by atoms with Crippen LogP contribution in [0, 0.1) is 0 Å². The molecule has 0 spiro atoms. The van der Waals surface area contributed by atoms with Gasteiger partial charge in [-0.3, -0.25) is 4.57 Å². The van der Waals surface area contributed by atoms with E-state index in [1.165, 1.54) is 0 Å². The summed E-state index contributed by atoms with van der Waals surface area (Å²) >= 11 is -0.639. The maximum Gasteiger partial charge on any atom is 0.618 e. The molecule has 0 aromatic heterocycles. The number of halogens is 2. The molecule has 0 aliphatic heterocycles. The third-order valence-corrected chi connectivity index (χ3v) is 0. The highest BCUT2D eigenvalue weighted by Crippen LogP contribution is 1.98. The van der Waals surface area contributed by atoms with Crippen molar-refractivity contribution >= 4 is 44.6 Å². The number of rotatable bonds is 0. The van der Waals surface area contributed by atoms with Crippen molar-refractivity contribution < 1.29 is 14.4 Å². The summed E-state index contributed by atoms with van der Waals surface area (Å²) in [5.74, 6) is 0. The minimum atomic E-state index is -3.13. The van der Waals surface area contributed by atoms with Crippen molar-refractivity contribution in [2.24, 2.45) is 0 Å². The van der Waals surface area contributed by atoms with Gasteiger partial charge >= 0.3 is 26.4 Å². The number of hydrogen-bond donors (Lipinski definition) is 2. The first-order chi connectivity index (χ1) is 3.15.